The van der Waals surface area contributed by atoms with Crippen molar-refractivity contribution in [3.63, 3.8) is 0 Å². The zero-order valence-corrected chi connectivity index (χ0v) is 10.2. The number of hydrogen-bond donors (Lipinski definition) is 1. The summed E-state index contributed by atoms with van der Waals surface area (Å²) in [7, 11) is 0. The van der Waals surface area contributed by atoms with Crippen molar-refractivity contribution in [2.24, 2.45) is 0 Å². The van der Waals surface area contributed by atoms with Gasteiger partial charge in [0.05, 0.1) is 16.4 Å². The lowest BCUT2D eigenvalue weighted by molar-refractivity contribution is 1.24. The largest absolute Gasteiger partial charge is 0.384 e. The molecule has 4 heteroatoms. The predicted octanol–water partition coefficient (Wildman–Crippen LogP) is 3.41. The minimum atomic E-state index is 0.431. The van der Waals surface area contributed by atoms with Crippen LogP contribution in [0.25, 0.3) is 16.8 Å². The Morgan fingerprint density at radius 3 is 2.82 bits per heavy atom. The molecule has 0 aliphatic rings. The van der Waals surface area contributed by atoms with Crippen LogP contribution in [0.3, 0.4) is 0 Å². The summed E-state index contributed by atoms with van der Waals surface area (Å²) in [5.74, 6) is 0.431. The van der Waals surface area contributed by atoms with Crippen molar-refractivity contribution >= 4 is 23.0 Å². The highest BCUT2D eigenvalue weighted by molar-refractivity contribution is 6.33. The maximum absolute atomic E-state index is 6.13. The molecule has 0 aliphatic carbocycles. The summed E-state index contributed by atoms with van der Waals surface area (Å²) < 4.78 is 0. The van der Waals surface area contributed by atoms with E-state index < -0.39 is 0 Å². The Balaban J connectivity index is 2.68. The minimum absolute atomic E-state index is 0.431. The van der Waals surface area contributed by atoms with Crippen molar-refractivity contribution in [1.82, 2.24) is 9.97 Å². The number of rotatable bonds is 2. The molecule has 0 spiro atoms. The SMILES string of the molecule is C=C(C)c1ncccc1-c1nc(N)ccc1Cl. The van der Waals surface area contributed by atoms with Gasteiger partial charge in [-0.3, -0.25) is 4.98 Å². The van der Waals surface area contributed by atoms with Gasteiger partial charge < -0.3 is 5.73 Å². The fraction of sp³-hybridized carbons (Fsp3) is 0.0769. The number of nitrogen functional groups attached to an aromatic ring is 1. The first kappa shape index (κ1) is 11.6. The van der Waals surface area contributed by atoms with E-state index in [4.69, 9.17) is 17.3 Å². The van der Waals surface area contributed by atoms with E-state index >= 15 is 0 Å². The molecule has 0 atom stereocenters. The van der Waals surface area contributed by atoms with Gasteiger partial charge in [0, 0.05) is 11.8 Å². The summed E-state index contributed by atoms with van der Waals surface area (Å²) in [5.41, 5.74) is 8.81. The van der Waals surface area contributed by atoms with Crippen molar-refractivity contribution in [2.45, 2.75) is 6.92 Å². The van der Waals surface area contributed by atoms with E-state index in [1.807, 2.05) is 19.1 Å². The van der Waals surface area contributed by atoms with Crippen LogP contribution in [0, 0.1) is 0 Å². The fourth-order valence-corrected chi connectivity index (χ4v) is 1.79. The number of nitrogens with zero attached hydrogens (tertiary/aromatic N) is 2. The third-order valence-electron chi connectivity index (χ3n) is 2.33. The van der Waals surface area contributed by atoms with Crippen LogP contribution in [0.1, 0.15) is 12.6 Å². The van der Waals surface area contributed by atoms with Crippen molar-refractivity contribution < 1.29 is 0 Å². The standard InChI is InChI=1S/C13H12ClN3/c1-8(2)12-9(4-3-7-16-12)13-10(14)5-6-11(15)17-13/h3-7H,1H2,2H3,(H2,15,17). The van der Waals surface area contributed by atoms with Gasteiger partial charge in [0.2, 0.25) is 0 Å². The first-order chi connectivity index (χ1) is 8.09. The molecule has 0 unspecified atom stereocenters. The van der Waals surface area contributed by atoms with Gasteiger partial charge in [-0.05, 0) is 36.8 Å². The third kappa shape index (κ3) is 2.29. The second kappa shape index (κ2) is 4.55. The molecule has 0 saturated heterocycles. The summed E-state index contributed by atoms with van der Waals surface area (Å²) in [6.45, 7) is 5.79. The second-order valence-corrected chi connectivity index (χ2v) is 4.15. The minimum Gasteiger partial charge on any atom is -0.384 e. The Bertz CT molecular complexity index is 579. The first-order valence-corrected chi connectivity index (χ1v) is 5.50. The normalized spacial score (nSPS) is 10.2. The van der Waals surface area contributed by atoms with E-state index in [0.717, 1.165) is 16.8 Å². The summed E-state index contributed by atoms with van der Waals surface area (Å²) in [4.78, 5) is 8.54. The van der Waals surface area contributed by atoms with E-state index in [2.05, 4.69) is 16.5 Å². The third-order valence-corrected chi connectivity index (χ3v) is 2.64. The summed E-state index contributed by atoms with van der Waals surface area (Å²) in [6, 6.07) is 7.14. The van der Waals surface area contributed by atoms with Gasteiger partial charge in [-0.15, -0.1) is 0 Å². The number of hydrogen-bond acceptors (Lipinski definition) is 3. The monoisotopic (exact) mass is 245 g/mol. The van der Waals surface area contributed by atoms with Crippen molar-refractivity contribution in [3.8, 4) is 11.3 Å². The van der Waals surface area contributed by atoms with Gasteiger partial charge in [0.25, 0.3) is 0 Å². The van der Waals surface area contributed by atoms with Crippen LogP contribution in [0.5, 0.6) is 0 Å². The highest BCUT2D eigenvalue weighted by Gasteiger charge is 2.11. The molecule has 3 nitrogen and oxygen atoms in total. The van der Waals surface area contributed by atoms with Crippen LogP contribution in [0.2, 0.25) is 5.02 Å². The molecule has 2 rings (SSSR count). The smallest absolute Gasteiger partial charge is 0.124 e. The van der Waals surface area contributed by atoms with Gasteiger partial charge in [0.15, 0.2) is 0 Å². The molecular weight excluding hydrogens is 234 g/mol. The Morgan fingerprint density at radius 2 is 2.12 bits per heavy atom. The van der Waals surface area contributed by atoms with Crippen LogP contribution >= 0.6 is 11.6 Å². The highest BCUT2D eigenvalue weighted by atomic mass is 35.5. The van der Waals surface area contributed by atoms with Gasteiger partial charge >= 0.3 is 0 Å². The van der Waals surface area contributed by atoms with Crippen molar-refractivity contribution in [1.29, 1.82) is 0 Å². The molecule has 0 fully saturated rings. The molecule has 2 aromatic rings. The van der Waals surface area contributed by atoms with Crippen LogP contribution < -0.4 is 5.73 Å². The Labute approximate surface area is 105 Å². The average molecular weight is 246 g/mol. The number of anilines is 1. The fourth-order valence-electron chi connectivity index (χ4n) is 1.58. The number of allylic oxidation sites excluding steroid dienone is 1. The molecule has 2 aromatic heterocycles. The number of nitrogens with two attached hydrogens (primary N) is 1. The Kier molecular flexibility index (Phi) is 3.11. The molecule has 2 heterocycles. The number of aromatic nitrogens is 2. The number of halogens is 1. The Morgan fingerprint density at radius 1 is 1.35 bits per heavy atom. The van der Waals surface area contributed by atoms with E-state index in [0.29, 0.717) is 16.5 Å². The topological polar surface area (TPSA) is 51.8 Å². The maximum Gasteiger partial charge on any atom is 0.124 e. The predicted molar refractivity (Wildman–Crippen MR) is 71.6 cm³/mol. The number of pyridine rings is 2. The zero-order chi connectivity index (χ0) is 12.4. The second-order valence-electron chi connectivity index (χ2n) is 3.75. The molecule has 0 aliphatic heterocycles. The quantitative estimate of drug-likeness (QED) is 0.882. The molecule has 0 bridgehead atoms. The van der Waals surface area contributed by atoms with Gasteiger partial charge in [-0.1, -0.05) is 18.2 Å². The van der Waals surface area contributed by atoms with Crippen molar-refractivity contribution in [3.05, 3.63) is 47.8 Å². The lowest BCUT2D eigenvalue weighted by atomic mass is 10.1. The molecule has 0 radical (unpaired) electrons. The average Bonchev–Trinajstić information content (AvgIpc) is 2.32. The summed E-state index contributed by atoms with van der Waals surface area (Å²) >= 11 is 6.13. The van der Waals surface area contributed by atoms with E-state index in [1.54, 1.807) is 18.3 Å². The van der Waals surface area contributed by atoms with E-state index in [1.165, 1.54) is 0 Å². The molecule has 0 aromatic carbocycles. The van der Waals surface area contributed by atoms with Gasteiger partial charge in [-0.2, -0.15) is 0 Å². The van der Waals surface area contributed by atoms with E-state index in [-0.39, 0.29) is 0 Å². The first-order valence-electron chi connectivity index (χ1n) is 5.13. The highest BCUT2D eigenvalue weighted by Crippen LogP contribution is 2.30. The van der Waals surface area contributed by atoms with Gasteiger partial charge in [0.1, 0.15) is 5.82 Å². The lowest BCUT2D eigenvalue weighted by Crippen LogP contribution is -1.96. The summed E-state index contributed by atoms with van der Waals surface area (Å²) in [6.07, 6.45) is 1.72. The van der Waals surface area contributed by atoms with Crippen LogP contribution in [-0.4, -0.2) is 9.97 Å². The van der Waals surface area contributed by atoms with Crippen LogP contribution in [0.4, 0.5) is 5.82 Å². The Hall–Kier alpha value is -1.87. The van der Waals surface area contributed by atoms with Crippen LogP contribution in [0.15, 0.2) is 37.0 Å². The molecule has 86 valence electrons. The van der Waals surface area contributed by atoms with E-state index in [9.17, 15) is 0 Å². The molecule has 2 N–H and O–H groups in total. The molecule has 17 heavy (non-hydrogen) atoms. The van der Waals surface area contributed by atoms with Crippen LogP contribution in [-0.2, 0) is 0 Å². The zero-order valence-electron chi connectivity index (χ0n) is 9.44. The summed E-state index contributed by atoms with van der Waals surface area (Å²) in [5, 5.41) is 0.551. The lowest BCUT2D eigenvalue weighted by Gasteiger charge is -2.09. The van der Waals surface area contributed by atoms with Gasteiger partial charge in [-0.25, -0.2) is 4.98 Å². The molecular formula is C13H12ClN3. The maximum atomic E-state index is 6.13. The molecule has 0 saturated carbocycles. The van der Waals surface area contributed by atoms with Crippen molar-refractivity contribution in [2.75, 3.05) is 5.73 Å². The molecule has 0 amide bonds.